The van der Waals surface area contributed by atoms with E-state index in [1.807, 2.05) is 0 Å². The fourth-order valence-electron chi connectivity index (χ4n) is 1.58. The lowest BCUT2D eigenvalue weighted by atomic mass is 10.2. The zero-order chi connectivity index (χ0) is 16.9. The third-order valence-corrected chi connectivity index (χ3v) is 15.3. The third kappa shape index (κ3) is 7.41. The fourth-order valence-corrected chi connectivity index (χ4v) is 4.14. The van der Waals surface area contributed by atoms with Crippen LogP contribution in [0, 0.1) is 0 Å². The van der Waals surface area contributed by atoms with E-state index < -0.39 is 16.5 Å². The van der Waals surface area contributed by atoms with Gasteiger partial charge in [-0.2, -0.15) is 0 Å². The average Bonchev–Trinajstić information content (AvgIpc) is 2.24. The maximum Gasteiger partial charge on any atom is 0.124 e. The highest BCUT2D eigenvalue weighted by molar-refractivity contribution is 6.78. The molecule has 21 heavy (non-hydrogen) atoms. The van der Waals surface area contributed by atoms with E-state index in [4.69, 9.17) is 0 Å². The van der Waals surface area contributed by atoms with Crippen molar-refractivity contribution in [2.45, 2.75) is 77.8 Å². The van der Waals surface area contributed by atoms with E-state index in [9.17, 15) is 0 Å². The van der Waals surface area contributed by atoms with Gasteiger partial charge in [0.1, 0.15) is 16.5 Å². The van der Waals surface area contributed by atoms with Crippen molar-refractivity contribution < 1.29 is 0 Å². The second-order valence-corrected chi connectivity index (χ2v) is 19.6. The SMILES string of the molecule is CC(C)(C)[Si](C)(C)NCCNCCN[Si](C)(C)C(C)(C)C. The van der Waals surface area contributed by atoms with Crippen LogP contribution in [-0.4, -0.2) is 42.6 Å². The Hall–Kier alpha value is 0.314. The largest absolute Gasteiger partial charge is 0.336 e. The topological polar surface area (TPSA) is 36.1 Å². The highest BCUT2D eigenvalue weighted by Crippen LogP contribution is 2.34. The number of hydrogen-bond donors (Lipinski definition) is 3. The van der Waals surface area contributed by atoms with E-state index in [0.717, 1.165) is 26.2 Å². The summed E-state index contributed by atoms with van der Waals surface area (Å²) in [4.78, 5) is 7.59. The molecule has 0 aliphatic rings. The van der Waals surface area contributed by atoms with Crippen LogP contribution >= 0.6 is 0 Å². The molecule has 0 aromatic rings. The highest BCUT2D eigenvalue weighted by Gasteiger charge is 2.35. The van der Waals surface area contributed by atoms with Crippen molar-refractivity contribution in [2.24, 2.45) is 0 Å². The van der Waals surface area contributed by atoms with Crippen LogP contribution in [0.25, 0.3) is 0 Å². The van der Waals surface area contributed by atoms with Gasteiger partial charge in [-0.1, -0.05) is 67.7 Å². The standard InChI is InChI=1S/C16H41N3Si2/c1-15(2,3)20(7,8)18-13-11-17-12-14-19-21(9,10)16(4,5)6/h17-19H,11-14H2,1-10H3. The summed E-state index contributed by atoms with van der Waals surface area (Å²) in [6.45, 7) is 28.1. The fraction of sp³-hybridized carbons (Fsp3) is 1.00. The Labute approximate surface area is 136 Å². The molecule has 0 atom stereocenters. The Morgan fingerprint density at radius 3 is 1.10 bits per heavy atom. The van der Waals surface area contributed by atoms with E-state index in [1.54, 1.807) is 0 Å². The minimum Gasteiger partial charge on any atom is -0.336 e. The van der Waals surface area contributed by atoms with Gasteiger partial charge in [-0.15, -0.1) is 0 Å². The zero-order valence-corrected chi connectivity index (χ0v) is 18.3. The van der Waals surface area contributed by atoms with Crippen molar-refractivity contribution in [3.8, 4) is 0 Å². The molecule has 0 saturated heterocycles. The molecule has 0 aromatic carbocycles. The minimum absolute atomic E-state index is 0.414. The highest BCUT2D eigenvalue weighted by atomic mass is 28.3. The normalized spacial score (nSPS) is 14.6. The molecule has 0 aliphatic heterocycles. The molecule has 128 valence electrons. The van der Waals surface area contributed by atoms with Crippen LogP contribution in [0.1, 0.15) is 41.5 Å². The number of rotatable bonds is 8. The van der Waals surface area contributed by atoms with Crippen molar-refractivity contribution >= 4 is 16.5 Å². The molecule has 5 heteroatoms. The predicted octanol–water partition coefficient (Wildman–Crippen LogP) is 3.77. The molecule has 0 heterocycles. The summed E-state index contributed by atoms with van der Waals surface area (Å²) in [5.41, 5.74) is 0. The van der Waals surface area contributed by atoms with Crippen molar-refractivity contribution in [3.05, 3.63) is 0 Å². The van der Waals surface area contributed by atoms with Crippen LogP contribution in [0.15, 0.2) is 0 Å². The quantitative estimate of drug-likeness (QED) is 0.468. The van der Waals surface area contributed by atoms with Gasteiger partial charge in [-0.3, -0.25) is 0 Å². The molecule has 0 unspecified atom stereocenters. The average molecular weight is 332 g/mol. The van der Waals surface area contributed by atoms with Crippen LogP contribution in [0.3, 0.4) is 0 Å². The molecule has 3 N–H and O–H groups in total. The van der Waals surface area contributed by atoms with Crippen LogP contribution < -0.4 is 15.3 Å². The van der Waals surface area contributed by atoms with Gasteiger partial charge in [-0.25, -0.2) is 0 Å². The molecule has 0 fully saturated rings. The van der Waals surface area contributed by atoms with E-state index >= 15 is 0 Å². The van der Waals surface area contributed by atoms with Crippen LogP contribution in [0.5, 0.6) is 0 Å². The van der Waals surface area contributed by atoms with Crippen molar-refractivity contribution in [1.82, 2.24) is 15.3 Å². The summed E-state index contributed by atoms with van der Waals surface area (Å²) in [6, 6.07) is 0. The predicted molar refractivity (Wildman–Crippen MR) is 103 cm³/mol. The smallest absolute Gasteiger partial charge is 0.124 e. The van der Waals surface area contributed by atoms with Crippen LogP contribution in [-0.2, 0) is 0 Å². The van der Waals surface area contributed by atoms with Gasteiger partial charge in [0.05, 0.1) is 0 Å². The van der Waals surface area contributed by atoms with Gasteiger partial charge in [0.15, 0.2) is 0 Å². The van der Waals surface area contributed by atoms with Crippen molar-refractivity contribution in [3.63, 3.8) is 0 Å². The van der Waals surface area contributed by atoms with Gasteiger partial charge >= 0.3 is 0 Å². The van der Waals surface area contributed by atoms with Gasteiger partial charge in [0.2, 0.25) is 0 Å². The lowest BCUT2D eigenvalue weighted by molar-refractivity contribution is 0.624. The van der Waals surface area contributed by atoms with E-state index in [0.29, 0.717) is 10.1 Å². The number of hydrogen-bond acceptors (Lipinski definition) is 3. The molecule has 0 spiro atoms. The van der Waals surface area contributed by atoms with Gasteiger partial charge in [0, 0.05) is 26.2 Å². The Kier molecular flexibility index (Phi) is 7.84. The Morgan fingerprint density at radius 1 is 0.571 bits per heavy atom. The summed E-state index contributed by atoms with van der Waals surface area (Å²) >= 11 is 0. The molecule has 0 saturated carbocycles. The van der Waals surface area contributed by atoms with Gasteiger partial charge in [0.25, 0.3) is 0 Å². The molecule has 0 bridgehead atoms. The first-order valence-electron chi connectivity index (χ1n) is 8.41. The first-order valence-corrected chi connectivity index (χ1v) is 14.4. The Morgan fingerprint density at radius 2 is 0.857 bits per heavy atom. The molecule has 0 aromatic heterocycles. The van der Waals surface area contributed by atoms with E-state index in [2.05, 4.69) is 83.0 Å². The monoisotopic (exact) mass is 331 g/mol. The lowest BCUT2D eigenvalue weighted by Gasteiger charge is -2.38. The summed E-state index contributed by atoms with van der Waals surface area (Å²) in [5.74, 6) is 0. The number of nitrogens with one attached hydrogen (secondary N) is 3. The first-order chi connectivity index (χ1) is 9.21. The minimum atomic E-state index is -1.33. The lowest BCUT2D eigenvalue weighted by Crippen LogP contribution is -2.55. The second-order valence-electron chi connectivity index (χ2n) is 9.35. The molecular weight excluding hydrogens is 290 g/mol. The Bertz CT molecular complexity index is 272. The van der Waals surface area contributed by atoms with Crippen molar-refractivity contribution in [2.75, 3.05) is 26.2 Å². The molecule has 0 aliphatic carbocycles. The molecule has 0 amide bonds. The second kappa shape index (κ2) is 7.73. The van der Waals surface area contributed by atoms with Gasteiger partial charge in [-0.05, 0) is 10.1 Å². The maximum absolute atomic E-state index is 3.80. The molecule has 0 rings (SSSR count). The first kappa shape index (κ1) is 21.3. The molecule has 0 radical (unpaired) electrons. The zero-order valence-electron chi connectivity index (χ0n) is 16.3. The van der Waals surface area contributed by atoms with Gasteiger partial charge < -0.3 is 15.3 Å². The van der Waals surface area contributed by atoms with E-state index in [1.165, 1.54) is 0 Å². The summed E-state index contributed by atoms with van der Waals surface area (Å²) in [7, 11) is -2.65. The van der Waals surface area contributed by atoms with Crippen LogP contribution in [0.2, 0.25) is 36.3 Å². The molecule has 3 nitrogen and oxygen atoms in total. The van der Waals surface area contributed by atoms with Crippen LogP contribution in [0.4, 0.5) is 0 Å². The van der Waals surface area contributed by atoms with E-state index in [-0.39, 0.29) is 0 Å². The third-order valence-electron chi connectivity index (χ3n) is 5.49. The summed E-state index contributed by atoms with van der Waals surface area (Å²) < 4.78 is 0. The summed E-state index contributed by atoms with van der Waals surface area (Å²) in [6.07, 6.45) is 0. The summed E-state index contributed by atoms with van der Waals surface area (Å²) in [5, 5.41) is 4.38. The molecular formula is C16H41N3Si2. The Balaban J connectivity index is 3.81. The maximum atomic E-state index is 3.80. The van der Waals surface area contributed by atoms with Crippen molar-refractivity contribution in [1.29, 1.82) is 0 Å².